The van der Waals surface area contributed by atoms with E-state index in [0.717, 1.165) is 45.1 Å². The van der Waals surface area contributed by atoms with Gasteiger partial charge in [0.25, 0.3) is 0 Å². The van der Waals surface area contributed by atoms with E-state index in [9.17, 15) is 0 Å². The zero-order valence-electron chi connectivity index (χ0n) is 17.1. The molecule has 32 heavy (non-hydrogen) atoms. The first-order valence-corrected chi connectivity index (χ1v) is 11.5. The van der Waals surface area contributed by atoms with Crippen LogP contribution in [-0.2, 0) is 6.54 Å². The summed E-state index contributed by atoms with van der Waals surface area (Å²) in [6.45, 7) is 1.42. The summed E-state index contributed by atoms with van der Waals surface area (Å²) in [5, 5.41) is 10.5. The van der Waals surface area contributed by atoms with Gasteiger partial charge in [-0.1, -0.05) is 59.8 Å². The topological polar surface area (TPSA) is 58.4 Å². The molecule has 0 unspecified atom stereocenters. The molecule has 0 radical (unpaired) electrons. The Labute approximate surface area is 195 Å². The second-order valence-electron chi connectivity index (χ2n) is 7.10. The highest BCUT2D eigenvalue weighted by molar-refractivity contribution is 7.99. The number of thioether (sulfide) groups is 1. The molecular weight excluding hydrogens is 446 g/mol. The highest BCUT2D eigenvalue weighted by atomic mass is 35.5. The molecule has 0 saturated heterocycles. The lowest BCUT2D eigenvalue weighted by molar-refractivity contribution is 0.174. The van der Waals surface area contributed by atoms with Crippen LogP contribution in [0.5, 0.6) is 17.2 Å². The van der Waals surface area contributed by atoms with Crippen molar-refractivity contribution in [3.05, 3.63) is 83.4 Å². The summed E-state index contributed by atoms with van der Waals surface area (Å²) < 4.78 is 18.9. The molecule has 1 aliphatic heterocycles. The third-order valence-electron chi connectivity index (χ3n) is 4.92. The average molecular weight is 466 g/mol. The number of fused-ring (bicyclic) bond motifs is 1. The first-order chi connectivity index (χ1) is 15.8. The van der Waals surface area contributed by atoms with E-state index in [1.807, 2.05) is 72.8 Å². The number of halogens is 1. The van der Waals surface area contributed by atoms with Crippen molar-refractivity contribution in [3.63, 3.8) is 0 Å². The van der Waals surface area contributed by atoms with Gasteiger partial charge in [0.1, 0.15) is 5.75 Å². The molecule has 0 bridgehead atoms. The van der Waals surface area contributed by atoms with Gasteiger partial charge in [-0.2, -0.15) is 0 Å². The lowest BCUT2D eigenvalue weighted by Crippen LogP contribution is -2.06. The summed E-state index contributed by atoms with van der Waals surface area (Å²) in [5.74, 6) is 3.89. The molecule has 0 aliphatic carbocycles. The lowest BCUT2D eigenvalue weighted by atomic mass is 10.2. The summed E-state index contributed by atoms with van der Waals surface area (Å²) in [5.41, 5.74) is 2.11. The van der Waals surface area contributed by atoms with Gasteiger partial charge in [-0.05, 0) is 42.0 Å². The van der Waals surface area contributed by atoms with E-state index < -0.39 is 0 Å². The second-order valence-corrected chi connectivity index (χ2v) is 8.60. The van der Waals surface area contributed by atoms with Gasteiger partial charge in [0.15, 0.2) is 22.5 Å². The zero-order valence-corrected chi connectivity index (χ0v) is 18.7. The van der Waals surface area contributed by atoms with Crippen molar-refractivity contribution in [1.29, 1.82) is 0 Å². The van der Waals surface area contributed by atoms with Crippen LogP contribution in [0.2, 0.25) is 5.02 Å². The van der Waals surface area contributed by atoms with Crippen molar-refractivity contribution >= 4 is 23.4 Å². The average Bonchev–Trinajstić information content (AvgIpc) is 3.45. The van der Waals surface area contributed by atoms with Crippen molar-refractivity contribution < 1.29 is 14.2 Å². The van der Waals surface area contributed by atoms with Crippen molar-refractivity contribution in [2.45, 2.75) is 11.7 Å². The molecule has 0 amide bonds. The van der Waals surface area contributed by atoms with Crippen LogP contribution in [0.1, 0.15) is 5.56 Å². The molecule has 1 aliphatic rings. The SMILES string of the molecule is Clc1ccc(OCCSc2nnc(-c3ccccc3)n2Cc2ccc3c(c2)OCO3)cc1. The van der Waals surface area contributed by atoms with E-state index >= 15 is 0 Å². The molecule has 162 valence electrons. The van der Waals surface area contributed by atoms with E-state index in [4.69, 9.17) is 25.8 Å². The molecule has 5 rings (SSSR count). The summed E-state index contributed by atoms with van der Waals surface area (Å²) in [7, 11) is 0. The highest BCUT2D eigenvalue weighted by Crippen LogP contribution is 2.33. The van der Waals surface area contributed by atoms with Crippen LogP contribution in [0, 0.1) is 0 Å². The maximum atomic E-state index is 5.93. The molecule has 1 aromatic heterocycles. The van der Waals surface area contributed by atoms with Crippen LogP contribution >= 0.6 is 23.4 Å². The predicted octanol–water partition coefficient (Wildman–Crippen LogP) is 5.55. The summed E-state index contributed by atoms with van der Waals surface area (Å²) in [6.07, 6.45) is 0. The quantitative estimate of drug-likeness (QED) is 0.251. The number of benzene rings is 3. The Morgan fingerprint density at radius 3 is 2.59 bits per heavy atom. The number of hydrogen-bond donors (Lipinski definition) is 0. The van der Waals surface area contributed by atoms with E-state index in [0.29, 0.717) is 18.2 Å². The molecule has 4 aromatic rings. The van der Waals surface area contributed by atoms with Gasteiger partial charge in [0.2, 0.25) is 6.79 Å². The number of rotatable bonds is 8. The van der Waals surface area contributed by atoms with Crippen molar-refractivity contribution in [3.8, 4) is 28.6 Å². The Kier molecular flexibility index (Phi) is 6.18. The minimum atomic E-state index is 0.259. The lowest BCUT2D eigenvalue weighted by Gasteiger charge is -2.11. The first kappa shape index (κ1) is 20.7. The van der Waals surface area contributed by atoms with Gasteiger partial charge < -0.3 is 14.2 Å². The molecule has 2 heterocycles. The predicted molar refractivity (Wildman–Crippen MR) is 125 cm³/mol. The molecule has 0 atom stereocenters. The normalized spacial score (nSPS) is 12.2. The third kappa shape index (κ3) is 4.69. The van der Waals surface area contributed by atoms with Crippen molar-refractivity contribution in [1.82, 2.24) is 14.8 Å². The molecule has 0 saturated carbocycles. The molecule has 0 N–H and O–H groups in total. The van der Waals surface area contributed by atoms with Gasteiger partial charge >= 0.3 is 0 Å². The smallest absolute Gasteiger partial charge is 0.231 e. The first-order valence-electron chi connectivity index (χ1n) is 10.1. The third-order valence-corrected chi connectivity index (χ3v) is 6.11. The van der Waals surface area contributed by atoms with E-state index in [1.165, 1.54) is 0 Å². The van der Waals surface area contributed by atoms with Crippen molar-refractivity contribution in [2.24, 2.45) is 0 Å². The Balaban J connectivity index is 1.33. The van der Waals surface area contributed by atoms with Crippen molar-refractivity contribution in [2.75, 3.05) is 19.2 Å². The fourth-order valence-electron chi connectivity index (χ4n) is 3.38. The van der Waals surface area contributed by atoms with Crippen LogP contribution in [-0.4, -0.2) is 33.9 Å². The Bertz CT molecular complexity index is 1200. The number of aromatic nitrogens is 3. The van der Waals surface area contributed by atoms with Crippen LogP contribution < -0.4 is 14.2 Å². The number of ether oxygens (including phenoxy) is 3. The molecular formula is C24H20ClN3O3S. The van der Waals surface area contributed by atoms with Crippen LogP contribution in [0.15, 0.2) is 78.0 Å². The molecule has 0 spiro atoms. The Morgan fingerprint density at radius 2 is 1.75 bits per heavy atom. The Hall–Kier alpha value is -3.16. The molecule has 6 nitrogen and oxygen atoms in total. The van der Waals surface area contributed by atoms with E-state index in [-0.39, 0.29) is 6.79 Å². The molecule has 0 fully saturated rings. The van der Waals surface area contributed by atoms with Crippen LogP contribution in [0.4, 0.5) is 0 Å². The summed E-state index contributed by atoms with van der Waals surface area (Å²) in [4.78, 5) is 0. The van der Waals surface area contributed by atoms with Gasteiger partial charge in [0, 0.05) is 16.3 Å². The molecule has 3 aromatic carbocycles. The minimum Gasteiger partial charge on any atom is -0.493 e. The number of nitrogens with zero attached hydrogens (tertiary/aromatic N) is 3. The summed E-state index contributed by atoms with van der Waals surface area (Å²) in [6, 6.07) is 23.4. The number of hydrogen-bond acceptors (Lipinski definition) is 6. The van der Waals surface area contributed by atoms with Gasteiger partial charge in [-0.15, -0.1) is 10.2 Å². The zero-order chi connectivity index (χ0) is 21.8. The van der Waals surface area contributed by atoms with Gasteiger partial charge in [0.05, 0.1) is 13.2 Å². The maximum Gasteiger partial charge on any atom is 0.231 e. The Morgan fingerprint density at radius 1 is 0.938 bits per heavy atom. The second kappa shape index (κ2) is 9.54. The monoisotopic (exact) mass is 465 g/mol. The van der Waals surface area contributed by atoms with Crippen LogP contribution in [0.3, 0.4) is 0 Å². The summed E-state index contributed by atoms with van der Waals surface area (Å²) >= 11 is 7.54. The maximum absolute atomic E-state index is 5.93. The minimum absolute atomic E-state index is 0.259. The van der Waals surface area contributed by atoms with Gasteiger partial charge in [-0.3, -0.25) is 4.57 Å². The van der Waals surface area contributed by atoms with Crippen LogP contribution in [0.25, 0.3) is 11.4 Å². The van der Waals surface area contributed by atoms with E-state index in [1.54, 1.807) is 11.8 Å². The van der Waals surface area contributed by atoms with E-state index in [2.05, 4.69) is 14.8 Å². The highest BCUT2D eigenvalue weighted by Gasteiger charge is 2.17. The van der Waals surface area contributed by atoms with Gasteiger partial charge in [-0.25, -0.2) is 0 Å². The standard InChI is InChI=1S/C24H20ClN3O3S/c25-19-7-9-20(10-8-19)29-12-13-32-24-27-26-23(18-4-2-1-3-5-18)28(24)15-17-6-11-21-22(14-17)31-16-30-21/h1-11,14H,12-13,15-16H2. The fourth-order valence-corrected chi connectivity index (χ4v) is 4.26. The fraction of sp³-hybridized carbons (Fsp3) is 0.167. The molecule has 8 heteroatoms. The largest absolute Gasteiger partial charge is 0.493 e.